The summed E-state index contributed by atoms with van der Waals surface area (Å²) in [7, 11) is 0. The number of nitrogens with zero attached hydrogens (tertiary/aromatic N) is 1. The summed E-state index contributed by atoms with van der Waals surface area (Å²) in [4.78, 5) is 17.1. The first kappa shape index (κ1) is 13.2. The molecule has 3 aromatic rings. The number of pyridine rings is 1. The summed E-state index contributed by atoms with van der Waals surface area (Å²) in [5.74, 6) is 0.0154. The molecule has 0 aliphatic rings. The van der Waals surface area contributed by atoms with Crippen molar-refractivity contribution in [2.45, 2.75) is 0 Å². The number of fused-ring (bicyclic) bond motifs is 1. The number of rotatable bonds is 3. The Kier molecular flexibility index (Phi) is 3.76. The van der Waals surface area contributed by atoms with E-state index in [2.05, 4.69) is 20.9 Å². The van der Waals surface area contributed by atoms with E-state index in [9.17, 15) is 4.79 Å². The zero-order chi connectivity index (χ0) is 13.9. The molecule has 0 saturated heterocycles. The molecule has 0 aliphatic carbocycles. The molecule has 1 aromatic carbocycles. The van der Waals surface area contributed by atoms with Gasteiger partial charge in [0.15, 0.2) is 5.78 Å². The van der Waals surface area contributed by atoms with Crippen molar-refractivity contribution in [3.05, 3.63) is 69.0 Å². The number of carbonyl (C=O) groups is 1. The number of allylic oxidation sites excluding steroid dienone is 1. The Morgan fingerprint density at radius 3 is 2.90 bits per heavy atom. The van der Waals surface area contributed by atoms with Crippen LogP contribution in [-0.2, 0) is 0 Å². The summed E-state index contributed by atoms with van der Waals surface area (Å²) >= 11 is 4.79. The van der Waals surface area contributed by atoms with Gasteiger partial charge in [-0.2, -0.15) is 0 Å². The lowest BCUT2D eigenvalue weighted by Crippen LogP contribution is -1.89. The zero-order valence-electron chi connectivity index (χ0n) is 10.4. The lowest BCUT2D eigenvalue weighted by Gasteiger charge is -2.00. The molecular weight excluding hydrogens is 334 g/mol. The van der Waals surface area contributed by atoms with Crippen LogP contribution in [0.2, 0.25) is 0 Å². The van der Waals surface area contributed by atoms with Crippen molar-refractivity contribution in [2.24, 2.45) is 0 Å². The summed E-state index contributed by atoms with van der Waals surface area (Å²) in [5, 5.41) is 2.95. The summed E-state index contributed by atoms with van der Waals surface area (Å²) in [6.45, 7) is 0. The molecule has 0 atom stereocenters. The Labute approximate surface area is 128 Å². The summed E-state index contributed by atoms with van der Waals surface area (Å²) < 4.78 is 0.939. The van der Waals surface area contributed by atoms with E-state index in [4.69, 9.17) is 0 Å². The highest BCUT2D eigenvalue weighted by atomic mass is 79.9. The number of benzene rings is 1. The van der Waals surface area contributed by atoms with Gasteiger partial charge in [0.2, 0.25) is 0 Å². The van der Waals surface area contributed by atoms with E-state index in [1.54, 1.807) is 12.3 Å². The molecule has 2 aromatic heterocycles. The Morgan fingerprint density at radius 2 is 2.10 bits per heavy atom. The maximum Gasteiger partial charge on any atom is 0.195 e. The molecule has 2 nitrogen and oxygen atoms in total. The fourth-order valence-corrected chi connectivity index (χ4v) is 3.30. The van der Waals surface area contributed by atoms with Crippen molar-refractivity contribution in [1.82, 2.24) is 4.98 Å². The predicted octanol–water partition coefficient (Wildman–Crippen LogP) is 4.95. The number of hydrogen-bond donors (Lipinski definition) is 0. The van der Waals surface area contributed by atoms with E-state index in [0.717, 1.165) is 25.8 Å². The van der Waals surface area contributed by atoms with E-state index < -0.39 is 0 Å². The van der Waals surface area contributed by atoms with E-state index in [-0.39, 0.29) is 5.78 Å². The van der Waals surface area contributed by atoms with Crippen LogP contribution < -0.4 is 0 Å². The minimum absolute atomic E-state index is 0.0154. The van der Waals surface area contributed by atoms with Crippen molar-refractivity contribution in [3.63, 3.8) is 0 Å². The van der Waals surface area contributed by atoms with Gasteiger partial charge >= 0.3 is 0 Å². The minimum Gasteiger partial charge on any atom is -0.288 e. The first-order chi connectivity index (χ1) is 9.74. The highest BCUT2D eigenvalue weighted by molar-refractivity contribution is 9.10. The second kappa shape index (κ2) is 5.69. The SMILES string of the molecule is O=C(/C=C/c1ccnc2ccccc12)c1cc(Br)cs1. The lowest BCUT2D eigenvalue weighted by atomic mass is 10.1. The average molecular weight is 344 g/mol. The third kappa shape index (κ3) is 2.71. The summed E-state index contributed by atoms with van der Waals surface area (Å²) in [5.41, 5.74) is 1.93. The average Bonchev–Trinajstić information content (AvgIpc) is 2.91. The molecule has 98 valence electrons. The van der Waals surface area contributed by atoms with Crippen LogP contribution in [0.25, 0.3) is 17.0 Å². The Hall–Kier alpha value is -1.78. The topological polar surface area (TPSA) is 30.0 Å². The number of aromatic nitrogens is 1. The predicted molar refractivity (Wildman–Crippen MR) is 87.1 cm³/mol. The molecule has 0 aliphatic heterocycles. The number of ketones is 1. The summed E-state index contributed by atoms with van der Waals surface area (Å²) in [6.07, 6.45) is 5.22. The Bertz CT molecular complexity index is 802. The molecule has 0 radical (unpaired) electrons. The van der Waals surface area contributed by atoms with Crippen molar-refractivity contribution in [2.75, 3.05) is 0 Å². The van der Waals surface area contributed by atoms with E-state index >= 15 is 0 Å². The van der Waals surface area contributed by atoms with Crippen LogP contribution in [0, 0.1) is 0 Å². The first-order valence-electron chi connectivity index (χ1n) is 6.04. The normalized spacial score (nSPS) is 11.2. The van der Waals surface area contributed by atoms with Gasteiger partial charge in [-0.15, -0.1) is 11.3 Å². The second-order valence-corrected chi connectivity index (χ2v) is 6.07. The molecule has 3 rings (SSSR count). The lowest BCUT2D eigenvalue weighted by molar-refractivity contribution is 0.105. The monoisotopic (exact) mass is 343 g/mol. The van der Waals surface area contributed by atoms with E-state index in [0.29, 0.717) is 0 Å². The number of para-hydroxylation sites is 1. The molecule has 0 bridgehead atoms. The first-order valence-corrected chi connectivity index (χ1v) is 7.71. The van der Waals surface area contributed by atoms with Crippen molar-refractivity contribution >= 4 is 50.0 Å². The van der Waals surface area contributed by atoms with Crippen molar-refractivity contribution in [1.29, 1.82) is 0 Å². The van der Waals surface area contributed by atoms with Crippen LogP contribution in [0.1, 0.15) is 15.2 Å². The molecule has 2 heterocycles. The largest absolute Gasteiger partial charge is 0.288 e. The van der Waals surface area contributed by atoms with E-state index in [1.807, 2.05) is 47.9 Å². The molecule has 20 heavy (non-hydrogen) atoms. The second-order valence-electron chi connectivity index (χ2n) is 4.24. The van der Waals surface area contributed by atoms with Crippen LogP contribution in [0.4, 0.5) is 0 Å². The molecule has 0 N–H and O–H groups in total. The van der Waals surface area contributed by atoms with Crippen LogP contribution in [0.3, 0.4) is 0 Å². The van der Waals surface area contributed by atoms with Gasteiger partial charge in [0, 0.05) is 21.4 Å². The highest BCUT2D eigenvalue weighted by Gasteiger charge is 2.05. The van der Waals surface area contributed by atoms with Crippen LogP contribution >= 0.6 is 27.3 Å². The van der Waals surface area contributed by atoms with E-state index in [1.165, 1.54) is 11.3 Å². The number of halogens is 1. The van der Waals surface area contributed by atoms with Gasteiger partial charge in [0.25, 0.3) is 0 Å². The third-order valence-corrected chi connectivity index (χ3v) is 4.61. The number of thiophene rings is 1. The molecule has 4 heteroatoms. The smallest absolute Gasteiger partial charge is 0.195 e. The van der Waals surface area contributed by atoms with Gasteiger partial charge in [-0.05, 0) is 45.8 Å². The number of carbonyl (C=O) groups excluding carboxylic acids is 1. The zero-order valence-corrected chi connectivity index (χ0v) is 12.8. The van der Waals surface area contributed by atoms with Gasteiger partial charge in [0.05, 0.1) is 10.4 Å². The molecular formula is C16H10BrNOS. The van der Waals surface area contributed by atoms with Crippen molar-refractivity contribution < 1.29 is 4.79 Å². The Balaban J connectivity index is 1.93. The molecule has 0 spiro atoms. The van der Waals surface area contributed by atoms with Crippen molar-refractivity contribution in [3.8, 4) is 0 Å². The van der Waals surface area contributed by atoms with Crippen LogP contribution in [0.15, 0.2) is 58.5 Å². The van der Waals surface area contributed by atoms with Crippen LogP contribution in [-0.4, -0.2) is 10.8 Å². The molecule has 0 amide bonds. The quantitative estimate of drug-likeness (QED) is 0.497. The van der Waals surface area contributed by atoms with Crippen LogP contribution in [0.5, 0.6) is 0 Å². The van der Waals surface area contributed by atoms with Gasteiger partial charge in [-0.1, -0.05) is 24.3 Å². The molecule has 0 saturated carbocycles. The molecule has 0 fully saturated rings. The van der Waals surface area contributed by atoms with Gasteiger partial charge in [-0.25, -0.2) is 0 Å². The van der Waals surface area contributed by atoms with Gasteiger partial charge in [-0.3, -0.25) is 9.78 Å². The maximum absolute atomic E-state index is 12.1. The fourth-order valence-electron chi connectivity index (χ4n) is 1.95. The van der Waals surface area contributed by atoms with Gasteiger partial charge < -0.3 is 0 Å². The molecule has 0 unspecified atom stereocenters. The minimum atomic E-state index is 0.0154. The maximum atomic E-state index is 12.1. The fraction of sp³-hybridized carbons (Fsp3) is 0. The Morgan fingerprint density at radius 1 is 1.25 bits per heavy atom. The van der Waals surface area contributed by atoms with Gasteiger partial charge in [0.1, 0.15) is 0 Å². The highest BCUT2D eigenvalue weighted by Crippen LogP contribution is 2.22. The summed E-state index contributed by atoms with van der Waals surface area (Å²) in [6, 6.07) is 11.6. The number of hydrogen-bond acceptors (Lipinski definition) is 3. The third-order valence-electron chi connectivity index (χ3n) is 2.91. The standard InChI is InChI=1S/C16H10BrNOS/c17-12-9-16(20-10-12)15(19)6-5-11-7-8-18-14-4-2-1-3-13(11)14/h1-10H/b6-5+.